The molecule has 3 heterocycles. The maximum absolute atomic E-state index is 13.7. The fourth-order valence-corrected chi connectivity index (χ4v) is 4.53. The summed E-state index contributed by atoms with van der Waals surface area (Å²) in [5.41, 5.74) is 9.86. The van der Waals surface area contributed by atoms with E-state index in [9.17, 15) is 9.18 Å². The zero-order valence-electron chi connectivity index (χ0n) is 18.6. The van der Waals surface area contributed by atoms with E-state index in [2.05, 4.69) is 15.0 Å². The van der Waals surface area contributed by atoms with Gasteiger partial charge in [-0.05, 0) is 54.7 Å². The van der Waals surface area contributed by atoms with Crippen LogP contribution in [-0.4, -0.2) is 36.9 Å². The van der Waals surface area contributed by atoms with Gasteiger partial charge in [0, 0.05) is 42.8 Å². The van der Waals surface area contributed by atoms with Gasteiger partial charge in [-0.3, -0.25) is 4.79 Å². The van der Waals surface area contributed by atoms with Crippen molar-refractivity contribution in [2.75, 3.05) is 12.3 Å². The minimum absolute atomic E-state index is 0.0422. The van der Waals surface area contributed by atoms with E-state index in [-0.39, 0.29) is 23.7 Å². The molecule has 1 aliphatic rings. The molecular weight excluding hydrogens is 431 g/mol. The molecule has 0 aliphatic carbocycles. The molecule has 2 aromatic carbocycles. The highest BCUT2D eigenvalue weighted by molar-refractivity contribution is 5.95. The molecular formula is C26H25FN6O. The first-order chi connectivity index (χ1) is 16.6. The van der Waals surface area contributed by atoms with Crippen LogP contribution >= 0.6 is 0 Å². The molecule has 172 valence electrons. The number of halogens is 1. The Morgan fingerprint density at radius 1 is 1.15 bits per heavy atom. The summed E-state index contributed by atoms with van der Waals surface area (Å²) in [4.78, 5) is 28.4. The number of nitrogens with two attached hydrogens (primary N) is 1. The van der Waals surface area contributed by atoms with Gasteiger partial charge in [0.25, 0.3) is 5.91 Å². The van der Waals surface area contributed by atoms with Crippen molar-refractivity contribution in [3.63, 3.8) is 0 Å². The van der Waals surface area contributed by atoms with Crippen molar-refractivity contribution in [2.24, 2.45) is 0 Å². The van der Waals surface area contributed by atoms with Crippen molar-refractivity contribution in [2.45, 2.75) is 31.8 Å². The number of hydrogen-bond donors (Lipinski definition) is 1. The lowest BCUT2D eigenvalue weighted by atomic mass is 9.93. The first-order valence-corrected chi connectivity index (χ1v) is 11.3. The van der Waals surface area contributed by atoms with Gasteiger partial charge in [-0.2, -0.15) is 0 Å². The van der Waals surface area contributed by atoms with Crippen molar-refractivity contribution < 1.29 is 9.18 Å². The Labute approximate surface area is 197 Å². The zero-order chi connectivity index (χ0) is 23.5. The lowest BCUT2D eigenvalue weighted by Gasteiger charge is -2.36. The van der Waals surface area contributed by atoms with Crippen LogP contribution in [0.4, 0.5) is 10.3 Å². The van der Waals surface area contributed by atoms with Crippen LogP contribution in [0.2, 0.25) is 0 Å². The normalized spacial score (nSPS) is 15.9. The van der Waals surface area contributed by atoms with Crippen LogP contribution in [0.5, 0.6) is 0 Å². The summed E-state index contributed by atoms with van der Waals surface area (Å²) in [7, 11) is 0. The average Bonchev–Trinajstić information content (AvgIpc) is 3.37. The van der Waals surface area contributed by atoms with Gasteiger partial charge < -0.3 is 15.2 Å². The van der Waals surface area contributed by atoms with E-state index in [4.69, 9.17) is 5.73 Å². The van der Waals surface area contributed by atoms with Gasteiger partial charge in [0.15, 0.2) is 0 Å². The van der Waals surface area contributed by atoms with E-state index in [1.54, 1.807) is 30.9 Å². The fourth-order valence-electron chi connectivity index (χ4n) is 4.53. The van der Waals surface area contributed by atoms with Crippen molar-refractivity contribution in [3.05, 3.63) is 96.1 Å². The van der Waals surface area contributed by atoms with Crippen LogP contribution < -0.4 is 5.73 Å². The number of hydrogen-bond acceptors (Lipinski definition) is 5. The Morgan fingerprint density at radius 2 is 2.00 bits per heavy atom. The van der Waals surface area contributed by atoms with Gasteiger partial charge >= 0.3 is 0 Å². The fraction of sp³-hybridized carbons (Fsp3) is 0.231. The minimum Gasteiger partial charge on any atom is -0.368 e. The largest absolute Gasteiger partial charge is 0.368 e. The Hall–Kier alpha value is -4.07. The predicted octanol–water partition coefficient (Wildman–Crippen LogP) is 4.48. The number of benzene rings is 2. The van der Waals surface area contributed by atoms with Crippen LogP contribution in [0.15, 0.2) is 73.4 Å². The second-order valence-electron chi connectivity index (χ2n) is 8.48. The highest BCUT2D eigenvalue weighted by atomic mass is 19.1. The number of anilines is 1. The van der Waals surface area contributed by atoms with Crippen molar-refractivity contribution in [3.8, 4) is 11.1 Å². The van der Waals surface area contributed by atoms with Crippen LogP contribution in [-0.2, 0) is 6.54 Å². The van der Waals surface area contributed by atoms with Gasteiger partial charge in [-0.15, -0.1) is 0 Å². The van der Waals surface area contributed by atoms with Gasteiger partial charge in [0.05, 0.1) is 18.1 Å². The van der Waals surface area contributed by atoms with Crippen LogP contribution in [0.1, 0.15) is 46.9 Å². The molecule has 2 aromatic heterocycles. The summed E-state index contributed by atoms with van der Waals surface area (Å²) in [6.45, 7) is 1.27. The van der Waals surface area contributed by atoms with Crippen molar-refractivity contribution in [1.29, 1.82) is 0 Å². The van der Waals surface area contributed by atoms with E-state index in [1.807, 2.05) is 39.9 Å². The van der Waals surface area contributed by atoms with E-state index in [1.165, 1.54) is 12.1 Å². The molecule has 1 fully saturated rings. The summed E-state index contributed by atoms with van der Waals surface area (Å²) in [5, 5.41) is 0. The molecule has 1 aliphatic heterocycles. The number of nitrogen functional groups attached to an aromatic ring is 1. The maximum atomic E-state index is 13.7. The monoisotopic (exact) mass is 456 g/mol. The second-order valence-corrected chi connectivity index (χ2v) is 8.48. The Bertz CT molecular complexity index is 1290. The lowest BCUT2D eigenvalue weighted by molar-refractivity contribution is 0.0606. The zero-order valence-corrected chi connectivity index (χ0v) is 18.6. The second kappa shape index (κ2) is 9.43. The first kappa shape index (κ1) is 21.8. The molecule has 0 unspecified atom stereocenters. The molecule has 4 aromatic rings. The third-order valence-corrected chi connectivity index (χ3v) is 6.17. The number of aromatic nitrogens is 4. The summed E-state index contributed by atoms with van der Waals surface area (Å²) in [6.07, 6.45) is 9.71. The molecule has 8 heteroatoms. The highest BCUT2D eigenvalue weighted by Crippen LogP contribution is 2.36. The van der Waals surface area contributed by atoms with Gasteiger partial charge in [-0.1, -0.05) is 24.3 Å². The number of carbonyl (C=O) groups excluding carboxylic acids is 1. The molecule has 0 bridgehead atoms. The molecule has 2 N–H and O–H groups in total. The van der Waals surface area contributed by atoms with Crippen LogP contribution in [0.25, 0.3) is 11.1 Å². The molecule has 0 saturated carbocycles. The quantitative estimate of drug-likeness (QED) is 0.478. The lowest BCUT2D eigenvalue weighted by Crippen LogP contribution is -2.39. The molecule has 1 atom stereocenters. The number of carbonyl (C=O) groups is 1. The summed E-state index contributed by atoms with van der Waals surface area (Å²) in [5.74, 6) is -0.202. The standard InChI is InChI=1S/C26H25FN6O/c27-21-9-7-19(8-10-21)22-15-30-26(28)31-24(22)23-6-1-2-12-33(23)25(34)20-5-3-4-18(14-20)16-32-13-11-29-17-32/h3-5,7-11,13-15,17,23H,1-2,6,12,16H2,(H2,28,30,31)/t23-/m0/s1. The smallest absolute Gasteiger partial charge is 0.254 e. The van der Waals surface area contributed by atoms with Crippen molar-refractivity contribution in [1.82, 2.24) is 24.4 Å². The van der Waals surface area contributed by atoms with E-state index < -0.39 is 0 Å². The number of imidazole rings is 1. The summed E-state index contributed by atoms with van der Waals surface area (Å²) < 4.78 is 15.5. The summed E-state index contributed by atoms with van der Waals surface area (Å²) in [6, 6.07) is 13.7. The van der Waals surface area contributed by atoms with Crippen molar-refractivity contribution >= 4 is 11.9 Å². The third kappa shape index (κ3) is 4.52. The highest BCUT2D eigenvalue weighted by Gasteiger charge is 2.32. The predicted molar refractivity (Wildman–Crippen MR) is 127 cm³/mol. The molecule has 1 saturated heterocycles. The van der Waals surface area contributed by atoms with Gasteiger partial charge in [0.2, 0.25) is 5.95 Å². The average molecular weight is 457 g/mol. The van der Waals surface area contributed by atoms with E-state index in [0.717, 1.165) is 36.0 Å². The Morgan fingerprint density at radius 3 is 2.79 bits per heavy atom. The SMILES string of the molecule is Nc1ncc(-c2ccc(F)cc2)c([C@@H]2CCCCN2C(=O)c2cccc(Cn3ccnc3)c2)n1. The first-order valence-electron chi connectivity index (χ1n) is 11.3. The molecule has 7 nitrogen and oxygen atoms in total. The van der Waals surface area contributed by atoms with E-state index in [0.29, 0.717) is 24.3 Å². The number of amides is 1. The number of piperidine rings is 1. The molecule has 1 amide bonds. The van der Waals surface area contributed by atoms with E-state index >= 15 is 0 Å². The molecule has 5 rings (SSSR count). The Balaban J connectivity index is 1.48. The molecule has 0 spiro atoms. The summed E-state index contributed by atoms with van der Waals surface area (Å²) >= 11 is 0. The number of rotatable bonds is 5. The third-order valence-electron chi connectivity index (χ3n) is 6.17. The van der Waals surface area contributed by atoms with Crippen LogP contribution in [0, 0.1) is 5.82 Å². The topological polar surface area (TPSA) is 89.9 Å². The van der Waals surface area contributed by atoms with Gasteiger partial charge in [0.1, 0.15) is 5.82 Å². The Kier molecular flexibility index (Phi) is 6.03. The molecule has 0 radical (unpaired) electrons. The molecule has 34 heavy (non-hydrogen) atoms. The minimum atomic E-state index is -0.313. The van der Waals surface area contributed by atoms with Gasteiger partial charge in [-0.25, -0.2) is 19.3 Å². The maximum Gasteiger partial charge on any atom is 0.254 e. The number of likely N-dealkylation sites (tertiary alicyclic amines) is 1. The number of nitrogens with zero attached hydrogens (tertiary/aromatic N) is 5. The van der Waals surface area contributed by atoms with Crippen LogP contribution in [0.3, 0.4) is 0 Å².